The molecule has 1 rings (SSSR count). The summed E-state index contributed by atoms with van der Waals surface area (Å²) in [7, 11) is 1.53. The Labute approximate surface area is 82.9 Å². The molecule has 0 aliphatic heterocycles. The number of halogens is 1. The van der Waals surface area contributed by atoms with Gasteiger partial charge in [0.2, 0.25) is 5.88 Å². The lowest BCUT2D eigenvalue weighted by Gasteiger charge is -2.00. The van der Waals surface area contributed by atoms with E-state index in [0.29, 0.717) is 16.6 Å². The van der Waals surface area contributed by atoms with Gasteiger partial charge in [0.25, 0.3) is 0 Å². The Bertz CT molecular complexity index is 352. The Morgan fingerprint density at radius 2 is 2.31 bits per heavy atom. The number of nitrogens with zero attached hydrogens (tertiary/aromatic N) is 1. The molecule has 0 aliphatic carbocycles. The Morgan fingerprint density at radius 3 is 2.92 bits per heavy atom. The van der Waals surface area contributed by atoms with Gasteiger partial charge in [-0.2, -0.15) is 0 Å². The van der Waals surface area contributed by atoms with Crippen LogP contribution in [-0.2, 0) is 0 Å². The fourth-order valence-electron chi connectivity index (χ4n) is 0.815. The minimum absolute atomic E-state index is 0.421. The summed E-state index contributed by atoms with van der Waals surface area (Å²) in [4.78, 5) is 4.10. The van der Waals surface area contributed by atoms with Gasteiger partial charge < -0.3 is 4.74 Å². The number of aromatic nitrogens is 1. The second-order valence-electron chi connectivity index (χ2n) is 2.34. The zero-order valence-corrected chi connectivity index (χ0v) is 8.35. The molecule has 0 aromatic carbocycles. The SMILES string of the molecule is CCC#Cc1ccc(Cl)c(OC)n1. The molecular weight excluding hydrogens is 186 g/mol. The topological polar surface area (TPSA) is 22.1 Å². The molecule has 1 heterocycles. The molecule has 0 fully saturated rings. The molecule has 0 saturated heterocycles. The predicted molar refractivity (Wildman–Crippen MR) is 53.0 cm³/mol. The van der Waals surface area contributed by atoms with Crippen molar-refractivity contribution >= 4 is 11.6 Å². The van der Waals surface area contributed by atoms with Crippen molar-refractivity contribution in [2.75, 3.05) is 7.11 Å². The van der Waals surface area contributed by atoms with E-state index in [1.54, 1.807) is 12.1 Å². The number of hydrogen-bond acceptors (Lipinski definition) is 2. The van der Waals surface area contributed by atoms with Gasteiger partial charge >= 0.3 is 0 Å². The third-order valence-corrected chi connectivity index (χ3v) is 1.69. The first-order valence-corrected chi connectivity index (χ1v) is 4.35. The molecular formula is C10H10ClNO. The van der Waals surface area contributed by atoms with Crippen LogP contribution < -0.4 is 4.74 Å². The maximum atomic E-state index is 5.79. The highest BCUT2D eigenvalue weighted by Gasteiger charge is 2.01. The molecule has 13 heavy (non-hydrogen) atoms. The zero-order valence-electron chi connectivity index (χ0n) is 7.60. The molecule has 0 bridgehead atoms. The van der Waals surface area contributed by atoms with Crippen molar-refractivity contribution in [3.05, 3.63) is 22.8 Å². The second kappa shape index (κ2) is 4.74. The Hall–Kier alpha value is -1.20. The van der Waals surface area contributed by atoms with Crippen LogP contribution >= 0.6 is 11.6 Å². The summed E-state index contributed by atoms with van der Waals surface area (Å²) in [5.74, 6) is 6.24. The first-order valence-electron chi connectivity index (χ1n) is 3.97. The van der Waals surface area contributed by atoms with Crippen molar-refractivity contribution in [1.82, 2.24) is 4.98 Å². The minimum Gasteiger partial charge on any atom is -0.480 e. The highest BCUT2D eigenvalue weighted by molar-refractivity contribution is 6.31. The summed E-state index contributed by atoms with van der Waals surface area (Å²) in [6.45, 7) is 1.99. The van der Waals surface area contributed by atoms with Crippen LogP contribution in [0.5, 0.6) is 5.88 Å². The predicted octanol–water partition coefficient (Wildman–Crippen LogP) is 2.51. The average Bonchev–Trinajstić information content (AvgIpc) is 2.16. The van der Waals surface area contributed by atoms with Crippen LogP contribution in [0.15, 0.2) is 12.1 Å². The fourth-order valence-corrected chi connectivity index (χ4v) is 0.998. The quantitative estimate of drug-likeness (QED) is 0.643. The smallest absolute Gasteiger partial charge is 0.233 e. The van der Waals surface area contributed by atoms with Gasteiger partial charge in [0.1, 0.15) is 10.7 Å². The summed E-state index contributed by atoms with van der Waals surface area (Å²) >= 11 is 5.79. The Balaban J connectivity index is 2.99. The first-order chi connectivity index (χ1) is 6.27. The highest BCUT2D eigenvalue weighted by Crippen LogP contribution is 2.20. The molecule has 0 N–H and O–H groups in total. The second-order valence-corrected chi connectivity index (χ2v) is 2.75. The van der Waals surface area contributed by atoms with E-state index in [9.17, 15) is 0 Å². The Kier molecular flexibility index (Phi) is 3.60. The van der Waals surface area contributed by atoms with Gasteiger partial charge in [0, 0.05) is 6.42 Å². The number of rotatable bonds is 1. The van der Waals surface area contributed by atoms with Crippen LogP contribution in [0.1, 0.15) is 19.0 Å². The van der Waals surface area contributed by atoms with Crippen LogP contribution in [0, 0.1) is 11.8 Å². The van der Waals surface area contributed by atoms with E-state index in [2.05, 4.69) is 16.8 Å². The van der Waals surface area contributed by atoms with Crippen molar-refractivity contribution in [3.8, 4) is 17.7 Å². The molecule has 0 radical (unpaired) electrons. The van der Waals surface area contributed by atoms with Crippen molar-refractivity contribution in [3.63, 3.8) is 0 Å². The van der Waals surface area contributed by atoms with Gasteiger partial charge in [-0.3, -0.25) is 0 Å². The molecule has 0 unspecified atom stereocenters. The van der Waals surface area contributed by atoms with E-state index in [1.807, 2.05) is 6.92 Å². The van der Waals surface area contributed by atoms with E-state index in [4.69, 9.17) is 16.3 Å². The highest BCUT2D eigenvalue weighted by atomic mass is 35.5. The molecule has 0 saturated carbocycles. The normalized spacial score (nSPS) is 8.85. The maximum Gasteiger partial charge on any atom is 0.233 e. The third-order valence-electron chi connectivity index (χ3n) is 1.40. The van der Waals surface area contributed by atoms with E-state index in [1.165, 1.54) is 7.11 Å². The van der Waals surface area contributed by atoms with E-state index in [-0.39, 0.29) is 0 Å². The van der Waals surface area contributed by atoms with Gasteiger partial charge in [0.15, 0.2) is 0 Å². The van der Waals surface area contributed by atoms with E-state index >= 15 is 0 Å². The summed E-state index contributed by atoms with van der Waals surface area (Å²) < 4.78 is 4.95. The molecule has 0 amide bonds. The molecule has 0 atom stereocenters. The van der Waals surface area contributed by atoms with Crippen LogP contribution in [0.4, 0.5) is 0 Å². The lowest BCUT2D eigenvalue weighted by atomic mass is 10.3. The van der Waals surface area contributed by atoms with Crippen LogP contribution in [0.2, 0.25) is 5.02 Å². The zero-order chi connectivity index (χ0) is 9.68. The third kappa shape index (κ3) is 2.64. The lowest BCUT2D eigenvalue weighted by Crippen LogP contribution is -1.90. The largest absolute Gasteiger partial charge is 0.480 e. The van der Waals surface area contributed by atoms with Gasteiger partial charge in [-0.05, 0) is 18.1 Å². The minimum atomic E-state index is 0.421. The average molecular weight is 196 g/mol. The molecule has 2 nitrogen and oxygen atoms in total. The van der Waals surface area contributed by atoms with Gasteiger partial charge in [-0.15, -0.1) is 0 Å². The molecule has 0 spiro atoms. The molecule has 0 aliphatic rings. The Morgan fingerprint density at radius 1 is 1.54 bits per heavy atom. The van der Waals surface area contributed by atoms with Crippen molar-refractivity contribution in [1.29, 1.82) is 0 Å². The van der Waals surface area contributed by atoms with E-state index < -0.39 is 0 Å². The number of hydrogen-bond donors (Lipinski definition) is 0. The van der Waals surface area contributed by atoms with Gasteiger partial charge in [0.05, 0.1) is 7.11 Å². The molecule has 1 aromatic heterocycles. The summed E-state index contributed by atoms with van der Waals surface area (Å²) in [5, 5.41) is 0.504. The molecule has 3 heteroatoms. The van der Waals surface area contributed by atoms with Gasteiger partial charge in [-0.25, -0.2) is 4.98 Å². The first kappa shape index (κ1) is 9.88. The van der Waals surface area contributed by atoms with Gasteiger partial charge in [-0.1, -0.05) is 24.4 Å². The van der Waals surface area contributed by atoms with Crippen LogP contribution in [0.25, 0.3) is 0 Å². The monoisotopic (exact) mass is 195 g/mol. The van der Waals surface area contributed by atoms with Crippen LogP contribution in [0.3, 0.4) is 0 Å². The van der Waals surface area contributed by atoms with E-state index in [0.717, 1.165) is 6.42 Å². The van der Waals surface area contributed by atoms with Crippen molar-refractivity contribution in [2.24, 2.45) is 0 Å². The maximum absolute atomic E-state index is 5.79. The molecule has 1 aromatic rings. The fraction of sp³-hybridized carbons (Fsp3) is 0.300. The standard InChI is InChI=1S/C10H10ClNO/c1-3-4-5-8-6-7-9(11)10(12-8)13-2/h6-7H,3H2,1-2H3. The lowest BCUT2D eigenvalue weighted by molar-refractivity contribution is 0.398. The molecule has 68 valence electrons. The van der Waals surface area contributed by atoms with Crippen molar-refractivity contribution in [2.45, 2.75) is 13.3 Å². The van der Waals surface area contributed by atoms with Crippen molar-refractivity contribution < 1.29 is 4.74 Å². The summed E-state index contributed by atoms with van der Waals surface area (Å²) in [5.41, 5.74) is 0.683. The summed E-state index contributed by atoms with van der Waals surface area (Å²) in [6.07, 6.45) is 0.812. The number of methoxy groups -OCH3 is 1. The number of ether oxygens (including phenoxy) is 1. The van der Waals surface area contributed by atoms with Crippen LogP contribution in [-0.4, -0.2) is 12.1 Å². The summed E-state index contributed by atoms with van der Waals surface area (Å²) in [6, 6.07) is 3.50. The number of pyridine rings is 1.